The molecule has 0 unspecified atom stereocenters. The number of ether oxygens (including phenoxy) is 2. The Balaban J connectivity index is 1.23. The highest BCUT2D eigenvalue weighted by Gasteiger charge is 2.41. The molecule has 4 amide bonds. The fourth-order valence-corrected chi connectivity index (χ4v) is 7.28. The van der Waals surface area contributed by atoms with Crippen molar-refractivity contribution >= 4 is 104 Å². The van der Waals surface area contributed by atoms with E-state index in [1.165, 1.54) is 9.80 Å². The molecule has 2 aromatic rings. The van der Waals surface area contributed by atoms with Gasteiger partial charge in [0.2, 0.25) is 11.8 Å². The topological polar surface area (TPSA) is 151 Å². The summed E-state index contributed by atoms with van der Waals surface area (Å²) in [6.45, 7) is 4.33. The maximum absolute atomic E-state index is 13.2. The van der Waals surface area contributed by atoms with Crippen LogP contribution in [0.2, 0.25) is 0 Å². The van der Waals surface area contributed by atoms with E-state index in [2.05, 4.69) is 10.6 Å². The van der Waals surface area contributed by atoms with Gasteiger partial charge in [0.15, 0.2) is 0 Å². The van der Waals surface area contributed by atoms with Gasteiger partial charge in [-0.15, -0.1) is 0 Å². The van der Waals surface area contributed by atoms with Gasteiger partial charge in [-0.25, -0.2) is 9.59 Å². The van der Waals surface area contributed by atoms with Crippen LogP contribution in [0.4, 0.5) is 11.4 Å². The van der Waals surface area contributed by atoms with Crippen molar-refractivity contribution in [2.45, 2.75) is 39.5 Å². The SMILES string of the molecule is CCOC(=O)c1ccc(NC(=O)CCCN2C(=O)C(=C3SC(=S)N(CCCC(=O)Nc4ccc(C(=O)OCC)cc4)C3=O)SC2=S)cc1. The highest BCUT2D eigenvalue weighted by Crippen LogP contribution is 2.42. The van der Waals surface area contributed by atoms with Crippen molar-refractivity contribution in [3.05, 3.63) is 69.5 Å². The summed E-state index contributed by atoms with van der Waals surface area (Å²) in [5.41, 5.74) is 1.79. The number of carbonyl (C=O) groups excluding carboxylic acids is 6. The van der Waals surface area contributed by atoms with Crippen molar-refractivity contribution in [2.75, 3.05) is 36.9 Å². The molecule has 2 saturated heterocycles. The number of amides is 4. The molecule has 0 aliphatic carbocycles. The summed E-state index contributed by atoms with van der Waals surface area (Å²) in [5.74, 6) is -2.28. The monoisotopic (exact) mass is 728 g/mol. The molecule has 2 aromatic carbocycles. The Labute approximate surface area is 296 Å². The van der Waals surface area contributed by atoms with Crippen molar-refractivity contribution in [3.8, 4) is 0 Å². The number of thioether (sulfide) groups is 2. The second-order valence-electron chi connectivity index (χ2n) is 10.2. The van der Waals surface area contributed by atoms with Crippen LogP contribution >= 0.6 is 48.0 Å². The Morgan fingerprint density at radius 2 is 1.00 bits per heavy atom. The third-order valence-corrected chi connectivity index (χ3v) is 9.86. The summed E-state index contributed by atoms with van der Waals surface area (Å²) in [6, 6.07) is 12.7. The smallest absolute Gasteiger partial charge is 0.338 e. The first-order chi connectivity index (χ1) is 23.0. The van der Waals surface area contributed by atoms with Gasteiger partial charge >= 0.3 is 11.9 Å². The molecule has 0 radical (unpaired) electrons. The molecule has 0 spiro atoms. The molecule has 0 atom stereocenters. The van der Waals surface area contributed by atoms with Gasteiger partial charge in [-0.05, 0) is 75.2 Å². The second-order valence-corrected chi connectivity index (χ2v) is 13.5. The number of esters is 2. The Kier molecular flexibility index (Phi) is 13.3. The lowest BCUT2D eigenvalue weighted by molar-refractivity contribution is -0.124. The van der Waals surface area contributed by atoms with Crippen molar-refractivity contribution in [1.29, 1.82) is 0 Å². The van der Waals surface area contributed by atoms with Gasteiger partial charge in [0.1, 0.15) is 8.64 Å². The van der Waals surface area contributed by atoms with Gasteiger partial charge < -0.3 is 20.1 Å². The summed E-state index contributed by atoms with van der Waals surface area (Å²) in [4.78, 5) is 78.1. The average molecular weight is 729 g/mol. The Bertz CT molecular complexity index is 1540. The lowest BCUT2D eigenvalue weighted by Gasteiger charge is -2.15. The quantitative estimate of drug-likeness (QED) is 0.151. The standard InChI is InChI=1S/C32H32N4O8S4/c1-3-43-29(41)19-9-13-21(14-10-19)33-23(37)7-5-17-35-27(39)25(47-31(35)45)26-28(40)36(32(46)48-26)18-6-8-24(38)34-22-15-11-20(12-16-22)30(42)44-4-2/h9-16H,3-8,17-18H2,1-2H3,(H,33,37)(H,34,38). The molecule has 2 N–H and O–H groups in total. The van der Waals surface area contributed by atoms with Crippen LogP contribution in [0.15, 0.2) is 58.3 Å². The first kappa shape index (κ1) is 36.7. The number of benzene rings is 2. The highest BCUT2D eigenvalue weighted by molar-refractivity contribution is 8.29. The summed E-state index contributed by atoms with van der Waals surface area (Å²) in [5, 5.41) is 5.50. The van der Waals surface area contributed by atoms with Crippen molar-refractivity contribution in [1.82, 2.24) is 9.80 Å². The lowest BCUT2D eigenvalue weighted by atomic mass is 10.2. The zero-order valence-corrected chi connectivity index (χ0v) is 29.3. The number of nitrogens with one attached hydrogen (secondary N) is 2. The predicted molar refractivity (Wildman–Crippen MR) is 191 cm³/mol. The van der Waals surface area contributed by atoms with Crippen LogP contribution in [0.3, 0.4) is 0 Å². The number of anilines is 2. The van der Waals surface area contributed by atoms with Crippen LogP contribution in [-0.2, 0) is 28.7 Å². The largest absolute Gasteiger partial charge is 0.462 e. The maximum Gasteiger partial charge on any atom is 0.338 e. The minimum atomic E-state index is -0.445. The molecule has 0 saturated carbocycles. The van der Waals surface area contributed by atoms with Gasteiger partial charge in [-0.2, -0.15) is 0 Å². The molecule has 252 valence electrons. The third kappa shape index (κ3) is 9.49. The molecular weight excluding hydrogens is 697 g/mol. The predicted octanol–water partition coefficient (Wildman–Crippen LogP) is 5.11. The van der Waals surface area contributed by atoms with Gasteiger partial charge in [-0.1, -0.05) is 48.0 Å². The Hall–Kier alpha value is -4.12. The first-order valence-electron chi connectivity index (χ1n) is 15.0. The van der Waals surface area contributed by atoms with E-state index >= 15 is 0 Å². The van der Waals surface area contributed by atoms with Gasteiger partial charge in [0.05, 0.1) is 34.2 Å². The van der Waals surface area contributed by atoms with Crippen molar-refractivity contribution in [3.63, 3.8) is 0 Å². The number of thiocarbonyl (C=S) groups is 2. The van der Waals surface area contributed by atoms with Crippen LogP contribution < -0.4 is 10.6 Å². The lowest BCUT2D eigenvalue weighted by Crippen LogP contribution is -2.31. The minimum Gasteiger partial charge on any atom is -0.462 e. The molecule has 16 heteroatoms. The minimum absolute atomic E-state index is 0.112. The number of carbonyl (C=O) groups is 6. The molecule has 2 heterocycles. The number of nitrogens with zero attached hydrogens (tertiary/aromatic N) is 2. The fourth-order valence-electron chi connectivity index (χ4n) is 4.51. The number of hydrogen-bond donors (Lipinski definition) is 2. The molecule has 48 heavy (non-hydrogen) atoms. The van der Waals surface area contributed by atoms with Crippen LogP contribution in [0.1, 0.15) is 60.2 Å². The van der Waals surface area contributed by atoms with Gasteiger partial charge in [0.25, 0.3) is 11.8 Å². The first-order valence-corrected chi connectivity index (χ1v) is 17.4. The van der Waals surface area contributed by atoms with Crippen molar-refractivity contribution < 1.29 is 38.2 Å². The molecular formula is C32H32N4O8S4. The van der Waals surface area contributed by atoms with E-state index in [1.54, 1.807) is 62.4 Å². The van der Waals surface area contributed by atoms with Gasteiger partial charge in [0, 0.05) is 37.3 Å². The van der Waals surface area contributed by atoms with Crippen LogP contribution in [0, 0.1) is 0 Å². The Morgan fingerprint density at radius 1 is 0.646 bits per heavy atom. The van der Waals surface area contributed by atoms with Crippen LogP contribution in [0.5, 0.6) is 0 Å². The molecule has 2 aliphatic heterocycles. The molecule has 4 rings (SSSR count). The van der Waals surface area contributed by atoms with Crippen LogP contribution in [-0.4, -0.2) is 80.3 Å². The summed E-state index contributed by atoms with van der Waals surface area (Å²) < 4.78 is 10.5. The highest BCUT2D eigenvalue weighted by atomic mass is 32.2. The summed E-state index contributed by atoms with van der Waals surface area (Å²) >= 11 is 12.9. The average Bonchev–Trinajstić information content (AvgIpc) is 3.50. The fraction of sp³-hybridized carbons (Fsp3) is 0.312. The van der Waals surface area contributed by atoms with E-state index in [0.717, 1.165) is 23.5 Å². The normalized spacial score (nSPS) is 16.0. The van der Waals surface area contributed by atoms with E-state index in [4.69, 9.17) is 33.9 Å². The van der Waals surface area contributed by atoms with Crippen molar-refractivity contribution in [2.24, 2.45) is 0 Å². The molecule has 0 bridgehead atoms. The Morgan fingerprint density at radius 3 is 1.33 bits per heavy atom. The summed E-state index contributed by atoms with van der Waals surface area (Å²) in [7, 11) is 0. The zero-order chi connectivity index (χ0) is 34.8. The molecule has 0 aromatic heterocycles. The van der Waals surface area contributed by atoms with E-state index < -0.39 is 23.8 Å². The molecule has 12 nitrogen and oxygen atoms in total. The second kappa shape index (κ2) is 17.3. The number of hydrogen-bond acceptors (Lipinski definition) is 12. The zero-order valence-electron chi connectivity index (χ0n) is 26.1. The summed E-state index contributed by atoms with van der Waals surface area (Å²) in [6.07, 6.45) is 0.872. The van der Waals surface area contributed by atoms with E-state index in [-0.39, 0.29) is 69.4 Å². The third-order valence-electron chi connectivity index (χ3n) is 6.84. The van der Waals surface area contributed by atoms with Gasteiger partial charge in [-0.3, -0.25) is 29.0 Å². The van der Waals surface area contributed by atoms with Crippen LogP contribution in [0.25, 0.3) is 0 Å². The molecule has 2 aliphatic rings. The molecule has 2 fully saturated rings. The number of rotatable bonds is 14. The maximum atomic E-state index is 13.2. The van der Waals surface area contributed by atoms with E-state index in [9.17, 15) is 28.8 Å². The van der Waals surface area contributed by atoms with E-state index in [0.29, 0.717) is 35.3 Å². The van der Waals surface area contributed by atoms with E-state index in [1.807, 2.05) is 0 Å².